The van der Waals surface area contributed by atoms with E-state index < -0.39 is 0 Å². The minimum Gasteiger partial charge on any atom is -0.373 e. The van der Waals surface area contributed by atoms with Crippen molar-refractivity contribution in [3.63, 3.8) is 0 Å². The maximum Gasteiger partial charge on any atom is 2.00 e. The van der Waals surface area contributed by atoms with Gasteiger partial charge in [0, 0.05) is 97.3 Å². The first-order chi connectivity index (χ1) is 29.4. The Labute approximate surface area is 405 Å². The number of nitrogens with zero attached hydrogens (tertiary/aromatic N) is 8. The number of benzene rings is 5. The molecule has 13 rings (SSSR count). The van der Waals surface area contributed by atoms with Crippen LogP contribution in [0.2, 0.25) is 0 Å². The number of hydrogen-bond acceptors (Lipinski definition) is 8. The first-order valence-electron chi connectivity index (χ1n) is 19.5. The Morgan fingerprint density at radius 1 is 0.387 bits per heavy atom. The van der Waals surface area contributed by atoms with E-state index in [1.807, 2.05) is 125 Å². The summed E-state index contributed by atoms with van der Waals surface area (Å²) in [5.41, 5.74) is 11.3. The summed E-state index contributed by atoms with van der Waals surface area (Å²) in [4.78, 5) is 29.0. The molecule has 0 N–H and O–H groups in total. The molecule has 4 aliphatic rings. The zero-order chi connectivity index (χ0) is 40.0. The third-order valence-corrected chi connectivity index (χ3v) is 17.0. The number of imidazole rings is 4. The summed E-state index contributed by atoms with van der Waals surface area (Å²) < 4.78 is 8.27. The Morgan fingerprint density at radius 2 is 0.629 bits per heavy atom. The Hall–Kier alpha value is -4.15. The molecular weight excluding hydrogens is 1200 g/mol. The van der Waals surface area contributed by atoms with Gasteiger partial charge < -0.3 is 18.3 Å². The van der Waals surface area contributed by atoms with Crippen molar-refractivity contribution in [2.45, 2.75) is 39.2 Å². The van der Waals surface area contributed by atoms with Gasteiger partial charge in [-0.25, -0.2) is 0 Å². The molecule has 0 unspecified atom stereocenters. The van der Waals surface area contributed by atoms with Crippen LogP contribution in [0, 0.1) is 24.3 Å². The summed E-state index contributed by atoms with van der Waals surface area (Å²) in [6, 6.07) is 33.6. The van der Waals surface area contributed by atoms with Crippen molar-refractivity contribution in [1.82, 2.24) is 38.2 Å². The SMILES string of the molecule is Cn1ccnc1-c1[c-]c2c(cc1)Sc1c3c4c(c5c1B2c1[c-]c(-c2nccn2C)ccc1S5)Sc1ccc(-c2nccn2C)[c-]c1B4c1[c-]c(-c2nccn2C)ccc1S3.[Pt+2].[Pt+2]. The van der Waals surface area contributed by atoms with Crippen molar-refractivity contribution >= 4 is 93.2 Å². The Kier molecular flexibility index (Phi) is 9.98. The number of aryl methyl sites for hydroxylation is 4. The molecule has 0 spiro atoms. The van der Waals surface area contributed by atoms with Crippen LogP contribution in [-0.2, 0) is 70.3 Å². The number of rotatable bonds is 4. The molecule has 5 aromatic carbocycles. The molecule has 0 amide bonds. The predicted octanol–water partition coefficient (Wildman–Crippen LogP) is 5.38. The van der Waals surface area contributed by atoms with Gasteiger partial charge in [0.1, 0.15) is 0 Å². The van der Waals surface area contributed by atoms with Crippen LogP contribution >= 0.6 is 47.0 Å². The maximum atomic E-state index is 4.74. The summed E-state index contributed by atoms with van der Waals surface area (Å²) in [6.45, 7) is -0.191. The fourth-order valence-electron chi connectivity index (χ4n) is 9.16. The number of aromatic nitrogens is 8. The van der Waals surface area contributed by atoms with Crippen LogP contribution in [0.5, 0.6) is 0 Å². The standard InChI is InChI=1S/C46H28B2N8S4.2Pt/c1-53-17-13-49-43(53)25-5-9-33-29(21-25)47-30-22-26(44-50-14-18-54(44)2)6-10-34(30)58-40-37(47)39(57-33)41-38-42(40)60-36-12-8-28(46-52-16-20-56(46)4)24-32(36)48(38)31-23-27(7-11-35(31)59-41)45-51-15-19-55(45)3;;/h5-20H,1-4H3;;/q-4;2*+2. The van der Waals surface area contributed by atoms with Gasteiger partial charge in [0.25, 0.3) is 0 Å². The second kappa shape index (κ2) is 15.2. The molecule has 0 fully saturated rings. The molecule has 4 aromatic heterocycles. The van der Waals surface area contributed by atoms with Crippen LogP contribution < -0.4 is 32.8 Å². The van der Waals surface area contributed by atoms with E-state index in [1.54, 1.807) is 0 Å². The van der Waals surface area contributed by atoms with Gasteiger partial charge in [-0.2, -0.15) is 0 Å². The van der Waals surface area contributed by atoms with Crippen molar-refractivity contribution in [1.29, 1.82) is 0 Å². The van der Waals surface area contributed by atoms with Crippen LogP contribution in [0.4, 0.5) is 0 Å². The Balaban J connectivity index is 0.00000216. The predicted molar refractivity (Wildman–Crippen MR) is 242 cm³/mol. The van der Waals surface area contributed by atoms with E-state index in [0.717, 1.165) is 67.4 Å². The molecule has 9 aromatic rings. The van der Waals surface area contributed by atoms with E-state index in [2.05, 4.69) is 91.1 Å². The van der Waals surface area contributed by atoms with Crippen LogP contribution in [-0.4, -0.2) is 51.6 Å². The topological polar surface area (TPSA) is 71.3 Å². The molecule has 0 saturated heterocycles. The fraction of sp³-hybridized carbons (Fsp3) is 0.0870. The van der Waals surface area contributed by atoms with Crippen LogP contribution in [0.1, 0.15) is 0 Å². The third kappa shape index (κ3) is 5.96. The van der Waals surface area contributed by atoms with Gasteiger partial charge in [-0.05, 0) is 10.9 Å². The largest absolute Gasteiger partial charge is 2.00 e. The Bertz CT molecular complexity index is 2910. The van der Waals surface area contributed by atoms with E-state index >= 15 is 0 Å². The number of fused-ring (bicyclic) bond motifs is 10. The minimum absolute atomic E-state index is 0. The maximum absolute atomic E-state index is 4.74. The second-order valence-electron chi connectivity index (χ2n) is 15.5. The molecule has 0 aliphatic carbocycles. The molecule has 62 heavy (non-hydrogen) atoms. The molecule has 0 atom stereocenters. The third-order valence-electron chi connectivity index (χ3n) is 12.0. The van der Waals surface area contributed by atoms with Gasteiger partial charge >= 0.3 is 42.1 Å². The van der Waals surface area contributed by atoms with Crippen LogP contribution in [0.15, 0.2) is 137 Å². The van der Waals surface area contributed by atoms with E-state index in [0.29, 0.717) is 0 Å². The van der Waals surface area contributed by atoms with Gasteiger partial charge in [0.05, 0.1) is 23.3 Å². The molecule has 4 aliphatic heterocycles. The quantitative estimate of drug-likeness (QED) is 0.172. The molecule has 8 nitrogen and oxygen atoms in total. The Morgan fingerprint density at radius 3 is 0.839 bits per heavy atom. The molecule has 0 saturated carbocycles. The minimum atomic E-state index is -0.0957. The van der Waals surface area contributed by atoms with Crippen molar-refractivity contribution < 1.29 is 42.1 Å². The zero-order valence-electron chi connectivity index (χ0n) is 33.2. The van der Waals surface area contributed by atoms with E-state index in [1.165, 1.54) is 50.1 Å². The van der Waals surface area contributed by atoms with Crippen molar-refractivity contribution in [3.8, 4) is 45.6 Å². The molecule has 302 valence electrons. The molecule has 8 heterocycles. The summed E-state index contributed by atoms with van der Waals surface area (Å²) in [7, 11) is 8.18. The molecule has 0 radical (unpaired) electrons. The summed E-state index contributed by atoms with van der Waals surface area (Å²) >= 11 is 7.53. The molecular formula is C46H28B2N8Pt2S4. The van der Waals surface area contributed by atoms with Crippen molar-refractivity contribution in [3.05, 3.63) is 122 Å². The first-order valence-corrected chi connectivity index (χ1v) is 22.8. The monoisotopic (exact) mass is 1230 g/mol. The molecule has 0 bridgehead atoms. The van der Waals surface area contributed by atoms with Crippen molar-refractivity contribution in [2.24, 2.45) is 28.2 Å². The summed E-state index contributed by atoms with van der Waals surface area (Å²) in [6.07, 6.45) is 15.4. The smallest absolute Gasteiger partial charge is 0.373 e. The summed E-state index contributed by atoms with van der Waals surface area (Å²) in [5, 5.41) is 0. The van der Waals surface area contributed by atoms with E-state index in [4.69, 9.17) is 19.9 Å². The zero-order valence-corrected chi connectivity index (χ0v) is 41.0. The van der Waals surface area contributed by atoms with E-state index in [-0.39, 0.29) is 55.6 Å². The van der Waals surface area contributed by atoms with Crippen LogP contribution in [0.25, 0.3) is 45.6 Å². The van der Waals surface area contributed by atoms with Gasteiger partial charge in [0.15, 0.2) is 0 Å². The van der Waals surface area contributed by atoms with Gasteiger partial charge in [0.2, 0.25) is 13.4 Å². The number of hydrogen-bond donors (Lipinski definition) is 0. The van der Waals surface area contributed by atoms with E-state index in [9.17, 15) is 0 Å². The summed E-state index contributed by atoms with van der Waals surface area (Å²) in [5.74, 6) is 3.59. The average molecular weight is 1230 g/mol. The normalized spacial score (nSPS) is 13.5. The molecule has 16 heteroatoms. The first kappa shape index (κ1) is 40.6. The van der Waals surface area contributed by atoms with Crippen LogP contribution in [0.3, 0.4) is 0 Å². The van der Waals surface area contributed by atoms with Crippen molar-refractivity contribution in [2.75, 3.05) is 0 Å². The van der Waals surface area contributed by atoms with Gasteiger partial charge in [-0.3, -0.25) is 19.9 Å². The second-order valence-corrected chi connectivity index (χ2v) is 19.7. The fourth-order valence-corrected chi connectivity index (χ4v) is 14.5. The van der Waals surface area contributed by atoms with Gasteiger partial charge in [-0.1, -0.05) is 19.6 Å². The average Bonchev–Trinajstić information content (AvgIpc) is 4.10. The van der Waals surface area contributed by atoms with Gasteiger partial charge in [-0.15, -0.1) is 164 Å².